The zero-order valence-electron chi connectivity index (χ0n) is 8.26. The molecule has 0 saturated carbocycles. The lowest BCUT2D eigenvalue weighted by atomic mass is 10.3. The van der Waals surface area contributed by atoms with Gasteiger partial charge in [-0.3, -0.25) is 4.68 Å². The molecule has 7 nitrogen and oxygen atoms in total. The van der Waals surface area contributed by atoms with Crippen molar-refractivity contribution in [2.24, 2.45) is 5.14 Å². The molecular formula is C7H11N3O4S. The fourth-order valence-electron chi connectivity index (χ4n) is 1.34. The topological polar surface area (TPSA) is 115 Å². The maximum Gasteiger partial charge on any atom is 0.355 e. The number of carbonyl (C=O) groups is 1. The number of aromatic carboxylic acids is 1. The zero-order chi connectivity index (χ0) is 11.8. The maximum absolute atomic E-state index is 11.2. The molecule has 0 radical (unpaired) electrons. The summed E-state index contributed by atoms with van der Waals surface area (Å²) in [6.45, 7) is 3.32. The van der Waals surface area contributed by atoms with E-state index < -0.39 is 26.6 Å². The molecule has 0 spiro atoms. The number of nitrogens with two attached hydrogens (primary N) is 1. The Bertz CT molecular complexity index is 503. The van der Waals surface area contributed by atoms with Crippen LogP contribution in [-0.2, 0) is 16.6 Å². The van der Waals surface area contributed by atoms with Gasteiger partial charge < -0.3 is 5.11 Å². The van der Waals surface area contributed by atoms with Gasteiger partial charge in [0.1, 0.15) is 4.90 Å². The van der Waals surface area contributed by atoms with Gasteiger partial charge in [-0.1, -0.05) is 0 Å². The highest BCUT2D eigenvalue weighted by atomic mass is 32.2. The van der Waals surface area contributed by atoms with Crippen LogP contribution in [0, 0.1) is 6.92 Å². The predicted octanol–water partition coefficient (Wildman–Crippen LogP) is -0.443. The lowest BCUT2D eigenvalue weighted by Crippen LogP contribution is -2.18. The second kappa shape index (κ2) is 3.63. The van der Waals surface area contributed by atoms with Crippen LogP contribution in [0.4, 0.5) is 0 Å². The Hall–Kier alpha value is -1.41. The Morgan fingerprint density at radius 1 is 1.60 bits per heavy atom. The van der Waals surface area contributed by atoms with Gasteiger partial charge in [-0.25, -0.2) is 18.4 Å². The van der Waals surface area contributed by atoms with Crippen molar-refractivity contribution in [3.05, 3.63) is 11.4 Å². The van der Waals surface area contributed by atoms with Crippen LogP contribution in [-0.4, -0.2) is 29.3 Å². The predicted molar refractivity (Wildman–Crippen MR) is 51.0 cm³/mol. The van der Waals surface area contributed by atoms with E-state index in [9.17, 15) is 13.2 Å². The van der Waals surface area contributed by atoms with Crippen LogP contribution in [0.2, 0.25) is 0 Å². The van der Waals surface area contributed by atoms with Crippen molar-refractivity contribution in [2.45, 2.75) is 25.3 Å². The molecule has 1 rings (SSSR count). The first-order valence-electron chi connectivity index (χ1n) is 4.12. The van der Waals surface area contributed by atoms with Crippen molar-refractivity contribution < 1.29 is 18.3 Å². The highest BCUT2D eigenvalue weighted by molar-refractivity contribution is 7.89. The van der Waals surface area contributed by atoms with Crippen molar-refractivity contribution in [3.8, 4) is 0 Å². The van der Waals surface area contributed by atoms with Gasteiger partial charge in [0, 0.05) is 6.54 Å². The molecule has 8 heteroatoms. The van der Waals surface area contributed by atoms with Gasteiger partial charge in [0.2, 0.25) is 10.0 Å². The van der Waals surface area contributed by atoms with E-state index in [1.807, 2.05) is 0 Å². The number of aromatic nitrogens is 2. The minimum atomic E-state index is -4.06. The summed E-state index contributed by atoms with van der Waals surface area (Å²) in [5, 5.41) is 17.6. The number of aryl methyl sites for hydroxylation is 2. The molecule has 0 aliphatic rings. The molecule has 0 amide bonds. The van der Waals surface area contributed by atoms with Crippen LogP contribution in [0.25, 0.3) is 0 Å². The van der Waals surface area contributed by atoms with Crippen LogP contribution < -0.4 is 5.14 Å². The second-order valence-electron chi connectivity index (χ2n) is 2.93. The number of rotatable bonds is 3. The number of nitrogens with zero attached hydrogens (tertiary/aromatic N) is 2. The molecule has 0 fully saturated rings. The van der Waals surface area contributed by atoms with Gasteiger partial charge in [-0.2, -0.15) is 5.10 Å². The summed E-state index contributed by atoms with van der Waals surface area (Å²) >= 11 is 0. The Kier molecular flexibility index (Phi) is 2.82. The van der Waals surface area contributed by atoms with E-state index in [0.29, 0.717) is 0 Å². The molecule has 3 N–H and O–H groups in total. The summed E-state index contributed by atoms with van der Waals surface area (Å²) in [5.41, 5.74) is -0.297. The van der Waals surface area contributed by atoms with Crippen LogP contribution in [0.15, 0.2) is 4.90 Å². The van der Waals surface area contributed by atoms with E-state index in [0.717, 1.165) is 4.68 Å². The highest BCUT2D eigenvalue weighted by Crippen LogP contribution is 2.18. The monoisotopic (exact) mass is 233 g/mol. The first kappa shape index (κ1) is 11.7. The van der Waals surface area contributed by atoms with E-state index in [1.165, 1.54) is 6.92 Å². The molecule has 0 aromatic carbocycles. The summed E-state index contributed by atoms with van der Waals surface area (Å²) < 4.78 is 23.4. The molecule has 84 valence electrons. The van der Waals surface area contributed by atoms with Crippen LogP contribution in [0.1, 0.15) is 23.1 Å². The molecular weight excluding hydrogens is 222 g/mol. The van der Waals surface area contributed by atoms with Crippen molar-refractivity contribution in [1.29, 1.82) is 0 Å². The molecule has 0 bridgehead atoms. The number of hydrogen-bond acceptors (Lipinski definition) is 4. The number of carboxylic acids is 1. The van der Waals surface area contributed by atoms with E-state index in [4.69, 9.17) is 10.2 Å². The second-order valence-corrected chi connectivity index (χ2v) is 4.43. The third-order valence-corrected chi connectivity index (χ3v) is 2.92. The van der Waals surface area contributed by atoms with Crippen molar-refractivity contribution in [2.75, 3.05) is 0 Å². The first-order chi connectivity index (χ1) is 6.79. The Morgan fingerprint density at radius 2 is 2.13 bits per heavy atom. The maximum atomic E-state index is 11.2. The summed E-state index contributed by atoms with van der Waals surface area (Å²) in [5.74, 6) is -1.36. The minimum Gasteiger partial charge on any atom is -0.476 e. The minimum absolute atomic E-state index is 0.0942. The number of primary sulfonamides is 1. The van der Waals surface area contributed by atoms with Gasteiger partial charge in [0.05, 0.1) is 5.69 Å². The number of hydrogen-bond donors (Lipinski definition) is 2. The lowest BCUT2D eigenvalue weighted by Gasteiger charge is -2.00. The Morgan fingerprint density at radius 3 is 2.47 bits per heavy atom. The van der Waals surface area contributed by atoms with Crippen LogP contribution >= 0.6 is 0 Å². The Labute approximate surface area is 86.6 Å². The fourth-order valence-corrected chi connectivity index (χ4v) is 2.26. The van der Waals surface area contributed by atoms with Crippen LogP contribution in [0.5, 0.6) is 0 Å². The van der Waals surface area contributed by atoms with Crippen molar-refractivity contribution in [3.63, 3.8) is 0 Å². The zero-order valence-corrected chi connectivity index (χ0v) is 9.08. The third-order valence-electron chi connectivity index (χ3n) is 1.86. The smallest absolute Gasteiger partial charge is 0.355 e. The Balaban J connectivity index is 3.64. The van der Waals surface area contributed by atoms with E-state index in [1.54, 1.807) is 6.92 Å². The molecule has 0 aliphatic carbocycles. The number of carboxylic acid groups (broad SMARTS) is 1. The molecule has 1 aromatic heterocycles. The largest absolute Gasteiger partial charge is 0.476 e. The van der Waals surface area contributed by atoms with Gasteiger partial charge >= 0.3 is 5.97 Å². The van der Waals surface area contributed by atoms with Gasteiger partial charge in [0.25, 0.3) is 0 Å². The lowest BCUT2D eigenvalue weighted by molar-refractivity contribution is 0.0679. The SMILES string of the molecule is CCn1nc(C)c(S(N)(=O)=O)c1C(=O)O. The third kappa shape index (κ3) is 2.00. The highest BCUT2D eigenvalue weighted by Gasteiger charge is 2.27. The summed E-state index contributed by atoms with van der Waals surface area (Å²) in [7, 11) is -4.06. The molecule has 0 atom stereocenters. The first-order valence-corrected chi connectivity index (χ1v) is 5.67. The normalized spacial score (nSPS) is 11.7. The fraction of sp³-hybridized carbons (Fsp3) is 0.429. The standard InChI is InChI=1S/C7H11N3O4S/c1-3-10-5(7(11)12)6(4(2)9-10)15(8,13)14/h3H2,1-2H3,(H,11,12)(H2,8,13,14). The summed E-state index contributed by atoms with van der Waals surface area (Å²) in [6, 6.07) is 0. The van der Waals surface area contributed by atoms with Gasteiger partial charge in [0.15, 0.2) is 5.69 Å². The van der Waals surface area contributed by atoms with Gasteiger partial charge in [-0.15, -0.1) is 0 Å². The molecule has 0 aliphatic heterocycles. The summed E-state index contributed by atoms with van der Waals surface area (Å²) in [6.07, 6.45) is 0. The van der Waals surface area contributed by atoms with Gasteiger partial charge in [-0.05, 0) is 13.8 Å². The van der Waals surface area contributed by atoms with Crippen molar-refractivity contribution in [1.82, 2.24) is 9.78 Å². The average Bonchev–Trinajstić information content (AvgIpc) is 2.41. The van der Waals surface area contributed by atoms with Crippen LogP contribution in [0.3, 0.4) is 0 Å². The van der Waals surface area contributed by atoms with E-state index >= 15 is 0 Å². The molecule has 1 aromatic rings. The number of sulfonamides is 1. The van der Waals surface area contributed by atoms with E-state index in [2.05, 4.69) is 5.10 Å². The quantitative estimate of drug-likeness (QED) is 0.734. The molecule has 0 saturated heterocycles. The molecule has 0 unspecified atom stereocenters. The van der Waals surface area contributed by atoms with Crippen molar-refractivity contribution >= 4 is 16.0 Å². The van der Waals surface area contributed by atoms with E-state index in [-0.39, 0.29) is 12.2 Å². The molecule has 1 heterocycles. The molecule has 15 heavy (non-hydrogen) atoms. The average molecular weight is 233 g/mol. The summed E-state index contributed by atoms with van der Waals surface area (Å²) in [4.78, 5) is 10.5.